The molecule has 1 aliphatic heterocycles. The Morgan fingerprint density at radius 2 is 2.37 bits per heavy atom. The summed E-state index contributed by atoms with van der Waals surface area (Å²) in [6.07, 6.45) is 3.85. The lowest BCUT2D eigenvalue weighted by atomic mass is 9.99. The first-order chi connectivity index (χ1) is 9.15. The summed E-state index contributed by atoms with van der Waals surface area (Å²) < 4.78 is 0. The van der Waals surface area contributed by atoms with Crippen LogP contribution in [0.2, 0.25) is 0 Å². The van der Waals surface area contributed by atoms with Crippen LogP contribution in [0.4, 0.5) is 5.82 Å². The first-order valence-electron chi connectivity index (χ1n) is 6.84. The fourth-order valence-electron chi connectivity index (χ4n) is 2.62. The summed E-state index contributed by atoms with van der Waals surface area (Å²) in [7, 11) is 1.79. The molecule has 0 unspecified atom stereocenters. The quantitative estimate of drug-likeness (QED) is 0.858. The zero-order chi connectivity index (χ0) is 13.8. The first kappa shape index (κ1) is 13.8. The molecule has 2 atom stereocenters. The summed E-state index contributed by atoms with van der Waals surface area (Å²) in [6.45, 7) is 3.57. The van der Waals surface area contributed by atoms with Gasteiger partial charge in [-0.15, -0.1) is 0 Å². The molecule has 1 aromatic heterocycles. The number of anilines is 1. The van der Waals surface area contributed by atoms with Gasteiger partial charge in [-0.1, -0.05) is 13.3 Å². The van der Waals surface area contributed by atoms with Gasteiger partial charge in [0, 0.05) is 37.9 Å². The Kier molecular flexibility index (Phi) is 4.37. The minimum atomic E-state index is 0.0490. The van der Waals surface area contributed by atoms with Crippen molar-refractivity contribution in [3.63, 3.8) is 0 Å². The molecule has 0 aromatic carbocycles. The van der Waals surface area contributed by atoms with Gasteiger partial charge in [0.25, 0.3) is 5.91 Å². The van der Waals surface area contributed by atoms with E-state index in [2.05, 4.69) is 17.2 Å². The van der Waals surface area contributed by atoms with Crippen LogP contribution in [0.1, 0.15) is 30.1 Å². The zero-order valence-corrected chi connectivity index (χ0v) is 11.6. The van der Waals surface area contributed by atoms with Crippen molar-refractivity contribution in [3.05, 3.63) is 23.9 Å². The molecule has 0 spiro atoms. The minimum Gasteiger partial charge on any atom is -0.373 e. The highest BCUT2D eigenvalue weighted by molar-refractivity contribution is 5.95. The van der Waals surface area contributed by atoms with Crippen LogP contribution in [0.3, 0.4) is 0 Å². The van der Waals surface area contributed by atoms with Crippen molar-refractivity contribution in [1.29, 1.82) is 0 Å². The van der Waals surface area contributed by atoms with E-state index in [1.807, 2.05) is 4.90 Å². The van der Waals surface area contributed by atoms with Gasteiger partial charge < -0.3 is 16.0 Å². The van der Waals surface area contributed by atoms with Gasteiger partial charge in [-0.3, -0.25) is 4.79 Å². The Morgan fingerprint density at radius 3 is 3.05 bits per heavy atom. The van der Waals surface area contributed by atoms with E-state index < -0.39 is 0 Å². The number of nitrogens with two attached hydrogens (primary N) is 1. The van der Waals surface area contributed by atoms with Crippen LogP contribution in [-0.4, -0.2) is 42.0 Å². The smallest absolute Gasteiger partial charge is 0.254 e. The van der Waals surface area contributed by atoms with Gasteiger partial charge in [0.05, 0.1) is 0 Å². The van der Waals surface area contributed by atoms with Gasteiger partial charge in [0.15, 0.2) is 0 Å². The Labute approximate surface area is 114 Å². The maximum absolute atomic E-state index is 12.4. The van der Waals surface area contributed by atoms with E-state index in [1.54, 1.807) is 25.4 Å². The average molecular weight is 262 g/mol. The van der Waals surface area contributed by atoms with Gasteiger partial charge >= 0.3 is 0 Å². The van der Waals surface area contributed by atoms with E-state index in [-0.39, 0.29) is 11.9 Å². The normalized spacial score (nSPS) is 22.6. The summed E-state index contributed by atoms with van der Waals surface area (Å²) in [6, 6.07) is 3.64. The Bertz CT molecular complexity index is 449. The number of nitrogens with zero attached hydrogens (tertiary/aromatic N) is 2. The standard InChI is InChI=1S/C14H22N4O/c1-3-4-11-8-18(9-12(11)15)14(19)10-5-6-17-13(7-10)16-2/h5-7,11-12H,3-4,8-9,15H2,1-2H3,(H,16,17)/t11-,12-/m1/s1. The molecule has 5 nitrogen and oxygen atoms in total. The Morgan fingerprint density at radius 1 is 1.58 bits per heavy atom. The highest BCUT2D eigenvalue weighted by atomic mass is 16.2. The van der Waals surface area contributed by atoms with E-state index >= 15 is 0 Å². The molecule has 3 N–H and O–H groups in total. The Balaban J connectivity index is 2.08. The molecule has 1 saturated heterocycles. The number of pyridine rings is 1. The first-order valence-corrected chi connectivity index (χ1v) is 6.84. The van der Waals surface area contributed by atoms with Crippen molar-refractivity contribution in [2.24, 2.45) is 11.7 Å². The van der Waals surface area contributed by atoms with Crippen LogP contribution >= 0.6 is 0 Å². The maximum atomic E-state index is 12.4. The summed E-state index contributed by atoms with van der Waals surface area (Å²) in [4.78, 5) is 18.4. The lowest BCUT2D eigenvalue weighted by Crippen LogP contribution is -2.32. The number of hydrogen-bond acceptors (Lipinski definition) is 4. The third-order valence-corrected chi connectivity index (χ3v) is 3.70. The van der Waals surface area contributed by atoms with E-state index in [1.165, 1.54) is 0 Å². The lowest BCUT2D eigenvalue weighted by molar-refractivity contribution is 0.0785. The van der Waals surface area contributed by atoms with Crippen molar-refractivity contribution in [3.8, 4) is 0 Å². The molecule has 1 aliphatic rings. The van der Waals surface area contributed by atoms with E-state index in [0.717, 1.165) is 19.4 Å². The second-order valence-electron chi connectivity index (χ2n) is 5.10. The molecule has 104 valence electrons. The van der Waals surface area contributed by atoms with Gasteiger partial charge in [0.2, 0.25) is 0 Å². The summed E-state index contributed by atoms with van der Waals surface area (Å²) in [5.41, 5.74) is 6.78. The number of nitrogens with one attached hydrogen (secondary N) is 1. The lowest BCUT2D eigenvalue weighted by Gasteiger charge is -2.16. The largest absolute Gasteiger partial charge is 0.373 e. The van der Waals surface area contributed by atoms with Gasteiger partial charge in [0.1, 0.15) is 5.82 Å². The van der Waals surface area contributed by atoms with Crippen LogP contribution in [0.15, 0.2) is 18.3 Å². The highest BCUT2D eigenvalue weighted by Crippen LogP contribution is 2.22. The van der Waals surface area contributed by atoms with Crippen molar-refractivity contribution in [1.82, 2.24) is 9.88 Å². The molecule has 5 heteroatoms. The summed E-state index contributed by atoms with van der Waals surface area (Å²) in [5.74, 6) is 1.19. The fourth-order valence-corrected chi connectivity index (χ4v) is 2.62. The number of carbonyl (C=O) groups is 1. The molecule has 1 amide bonds. The third kappa shape index (κ3) is 3.04. The van der Waals surface area contributed by atoms with Crippen LogP contribution in [0.5, 0.6) is 0 Å². The molecule has 2 rings (SSSR count). The zero-order valence-electron chi connectivity index (χ0n) is 11.6. The predicted octanol–water partition coefficient (Wildman–Crippen LogP) is 1.32. The van der Waals surface area contributed by atoms with E-state index in [4.69, 9.17) is 5.73 Å². The van der Waals surface area contributed by atoms with Crippen LogP contribution in [-0.2, 0) is 0 Å². The maximum Gasteiger partial charge on any atom is 0.254 e. The topological polar surface area (TPSA) is 71.2 Å². The van der Waals surface area contributed by atoms with Crippen molar-refractivity contribution >= 4 is 11.7 Å². The van der Waals surface area contributed by atoms with E-state index in [0.29, 0.717) is 23.8 Å². The monoisotopic (exact) mass is 262 g/mol. The predicted molar refractivity (Wildman–Crippen MR) is 76.1 cm³/mol. The van der Waals surface area contributed by atoms with E-state index in [9.17, 15) is 4.79 Å². The molecule has 1 aromatic rings. The summed E-state index contributed by atoms with van der Waals surface area (Å²) in [5, 5.41) is 2.94. The Hall–Kier alpha value is -1.62. The van der Waals surface area contributed by atoms with Gasteiger partial charge in [-0.05, 0) is 24.5 Å². The molecule has 0 aliphatic carbocycles. The number of amides is 1. The molecular formula is C14H22N4O. The number of carbonyl (C=O) groups excluding carboxylic acids is 1. The SMILES string of the molecule is CCC[C@@H]1CN(C(=O)c2ccnc(NC)c2)C[C@H]1N. The molecular weight excluding hydrogens is 240 g/mol. The third-order valence-electron chi connectivity index (χ3n) is 3.70. The van der Waals surface area contributed by atoms with Crippen molar-refractivity contribution in [2.45, 2.75) is 25.8 Å². The van der Waals surface area contributed by atoms with Crippen LogP contribution in [0, 0.1) is 5.92 Å². The van der Waals surface area contributed by atoms with Gasteiger partial charge in [-0.2, -0.15) is 0 Å². The van der Waals surface area contributed by atoms with Crippen molar-refractivity contribution < 1.29 is 4.79 Å². The van der Waals surface area contributed by atoms with Crippen LogP contribution < -0.4 is 11.1 Å². The minimum absolute atomic E-state index is 0.0490. The fraction of sp³-hybridized carbons (Fsp3) is 0.571. The summed E-state index contributed by atoms with van der Waals surface area (Å²) >= 11 is 0. The highest BCUT2D eigenvalue weighted by Gasteiger charge is 2.32. The average Bonchev–Trinajstić information content (AvgIpc) is 2.80. The number of aromatic nitrogens is 1. The number of hydrogen-bond donors (Lipinski definition) is 2. The van der Waals surface area contributed by atoms with Gasteiger partial charge in [-0.25, -0.2) is 4.98 Å². The second-order valence-corrected chi connectivity index (χ2v) is 5.10. The molecule has 19 heavy (non-hydrogen) atoms. The molecule has 0 saturated carbocycles. The molecule has 0 radical (unpaired) electrons. The second kappa shape index (κ2) is 6.02. The number of rotatable bonds is 4. The van der Waals surface area contributed by atoms with Crippen molar-refractivity contribution in [2.75, 3.05) is 25.5 Å². The molecule has 2 heterocycles. The molecule has 1 fully saturated rings. The molecule has 0 bridgehead atoms. The number of likely N-dealkylation sites (tertiary alicyclic amines) is 1. The van der Waals surface area contributed by atoms with Crippen LogP contribution in [0.25, 0.3) is 0 Å².